The Morgan fingerprint density at radius 2 is 1.69 bits per heavy atom. The molecule has 0 unspecified atom stereocenters. The zero-order valence-corrected chi connectivity index (χ0v) is 15.2. The fourth-order valence-corrected chi connectivity index (χ4v) is 3.05. The number of benzene rings is 2. The Hall–Kier alpha value is -2.82. The van der Waals surface area contributed by atoms with Crippen molar-refractivity contribution in [3.63, 3.8) is 0 Å². The topological polar surface area (TPSA) is 58.6 Å². The van der Waals surface area contributed by atoms with Gasteiger partial charge in [0, 0.05) is 20.1 Å². The summed E-state index contributed by atoms with van der Waals surface area (Å²) in [5, 5.41) is 2.91. The Kier molecular flexibility index (Phi) is 5.26. The molecule has 1 N–H and O–H groups in total. The average Bonchev–Trinajstić information content (AvgIpc) is 3.48. The average molecular weight is 352 g/mol. The third-order valence-corrected chi connectivity index (χ3v) is 4.82. The number of hydrogen-bond donors (Lipinski definition) is 1. The number of nitrogens with zero attached hydrogens (tertiary/aromatic N) is 1. The first kappa shape index (κ1) is 18.0. The van der Waals surface area contributed by atoms with Crippen LogP contribution in [0.3, 0.4) is 0 Å². The van der Waals surface area contributed by atoms with Crippen LogP contribution in [0.15, 0.2) is 54.6 Å². The second kappa shape index (κ2) is 7.60. The van der Waals surface area contributed by atoms with Gasteiger partial charge in [0.05, 0.1) is 7.11 Å². The van der Waals surface area contributed by atoms with Gasteiger partial charge in [0.15, 0.2) is 0 Å². The van der Waals surface area contributed by atoms with Crippen LogP contribution in [0.2, 0.25) is 0 Å². The normalized spacial score (nSPS) is 14.4. The van der Waals surface area contributed by atoms with Crippen LogP contribution in [0, 0.1) is 5.41 Å². The molecule has 2 aromatic carbocycles. The van der Waals surface area contributed by atoms with Crippen LogP contribution in [0.5, 0.6) is 5.75 Å². The van der Waals surface area contributed by atoms with Crippen LogP contribution in [0.4, 0.5) is 0 Å². The number of carbonyl (C=O) groups is 2. The lowest BCUT2D eigenvalue weighted by molar-refractivity contribution is -0.143. The highest BCUT2D eigenvalue weighted by molar-refractivity contribution is 6.07. The molecule has 0 saturated heterocycles. The summed E-state index contributed by atoms with van der Waals surface area (Å²) in [6, 6.07) is 17.3. The summed E-state index contributed by atoms with van der Waals surface area (Å²) < 4.78 is 5.13. The van der Waals surface area contributed by atoms with Crippen molar-refractivity contribution in [3.05, 3.63) is 65.7 Å². The maximum absolute atomic E-state index is 12.8. The summed E-state index contributed by atoms with van der Waals surface area (Å²) >= 11 is 0. The summed E-state index contributed by atoms with van der Waals surface area (Å²) in [6.07, 6.45) is 1.22. The van der Waals surface area contributed by atoms with E-state index in [0.29, 0.717) is 25.9 Å². The van der Waals surface area contributed by atoms with E-state index >= 15 is 0 Å². The van der Waals surface area contributed by atoms with Crippen molar-refractivity contribution in [2.45, 2.75) is 25.9 Å². The summed E-state index contributed by atoms with van der Waals surface area (Å²) in [5.41, 5.74) is 1.13. The molecular weight excluding hydrogens is 328 g/mol. The van der Waals surface area contributed by atoms with E-state index in [1.54, 1.807) is 19.1 Å². The monoisotopic (exact) mass is 352 g/mol. The first-order chi connectivity index (χ1) is 12.5. The van der Waals surface area contributed by atoms with Crippen molar-refractivity contribution >= 4 is 11.8 Å². The van der Waals surface area contributed by atoms with Crippen LogP contribution in [0.25, 0.3) is 0 Å². The maximum atomic E-state index is 12.8. The molecule has 3 rings (SSSR count). The van der Waals surface area contributed by atoms with E-state index in [4.69, 9.17) is 4.74 Å². The van der Waals surface area contributed by atoms with Crippen molar-refractivity contribution in [2.24, 2.45) is 5.41 Å². The molecular formula is C21H24N2O3. The Morgan fingerprint density at radius 1 is 1.04 bits per heavy atom. The van der Waals surface area contributed by atoms with E-state index in [2.05, 4.69) is 5.32 Å². The zero-order chi connectivity index (χ0) is 18.6. The summed E-state index contributed by atoms with van der Waals surface area (Å²) in [4.78, 5) is 27.1. The highest BCUT2D eigenvalue weighted by Gasteiger charge is 2.57. The number of rotatable bonds is 7. The predicted molar refractivity (Wildman–Crippen MR) is 99.4 cm³/mol. The summed E-state index contributed by atoms with van der Waals surface area (Å²) in [6.45, 7) is 0.910. The number of ether oxygens (including phenoxy) is 1. The standard InChI is InChI=1S/C21H24N2O3/c1-23(15-17-6-4-3-5-7-17)20(25)21(12-13-21)19(24)22-14-16-8-10-18(26-2)11-9-16/h3-11H,12-15H2,1-2H3,(H,22,24). The number of amides is 2. The van der Waals surface area contributed by atoms with E-state index in [9.17, 15) is 9.59 Å². The largest absolute Gasteiger partial charge is 0.497 e. The minimum Gasteiger partial charge on any atom is -0.497 e. The molecule has 0 bridgehead atoms. The molecule has 5 nitrogen and oxygen atoms in total. The highest BCUT2D eigenvalue weighted by atomic mass is 16.5. The van der Waals surface area contributed by atoms with Gasteiger partial charge in [-0.2, -0.15) is 0 Å². The van der Waals surface area contributed by atoms with Crippen LogP contribution >= 0.6 is 0 Å². The Balaban J connectivity index is 1.58. The number of hydrogen-bond acceptors (Lipinski definition) is 3. The molecule has 0 radical (unpaired) electrons. The van der Waals surface area contributed by atoms with Crippen LogP contribution in [-0.4, -0.2) is 30.9 Å². The summed E-state index contributed by atoms with van der Waals surface area (Å²) in [7, 11) is 3.37. The first-order valence-electron chi connectivity index (χ1n) is 8.76. The predicted octanol–water partition coefficient (Wildman–Crippen LogP) is 2.75. The molecule has 0 aliphatic heterocycles. The molecule has 5 heteroatoms. The lowest BCUT2D eigenvalue weighted by atomic mass is 10.0. The Bertz CT molecular complexity index is 768. The fourth-order valence-electron chi connectivity index (χ4n) is 3.05. The molecule has 1 saturated carbocycles. The molecule has 2 aromatic rings. The van der Waals surface area contributed by atoms with Gasteiger partial charge < -0.3 is 15.0 Å². The third kappa shape index (κ3) is 3.87. The van der Waals surface area contributed by atoms with Gasteiger partial charge >= 0.3 is 0 Å². The number of methoxy groups -OCH3 is 1. The van der Waals surface area contributed by atoms with Gasteiger partial charge in [-0.1, -0.05) is 42.5 Å². The van der Waals surface area contributed by atoms with E-state index in [1.807, 2.05) is 54.6 Å². The highest BCUT2D eigenvalue weighted by Crippen LogP contribution is 2.47. The van der Waals surface area contributed by atoms with E-state index < -0.39 is 5.41 Å². The Labute approximate surface area is 154 Å². The molecule has 136 valence electrons. The Morgan fingerprint density at radius 3 is 2.27 bits per heavy atom. The third-order valence-electron chi connectivity index (χ3n) is 4.82. The molecule has 26 heavy (non-hydrogen) atoms. The second-order valence-corrected chi connectivity index (χ2v) is 6.76. The lowest BCUT2D eigenvalue weighted by Crippen LogP contribution is -2.43. The van der Waals surface area contributed by atoms with Crippen molar-refractivity contribution in [3.8, 4) is 5.75 Å². The number of nitrogens with one attached hydrogen (secondary N) is 1. The van der Waals surface area contributed by atoms with Gasteiger partial charge in [-0.25, -0.2) is 0 Å². The minimum absolute atomic E-state index is 0.103. The van der Waals surface area contributed by atoms with Gasteiger partial charge in [-0.05, 0) is 36.1 Å². The maximum Gasteiger partial charge on any atom is 0.238 e. The molecule has 0 heterocycles. The van der Waals surface area contributed by atoms with Gasteiger partial charge in [0.25, 0.3) is 0 Å². The molecule has 1 fully saturated rings. The van der Waals surface area contributed by atoms with E-state index in [-0.39, 0.29) is 11.8 Å². The first-order valence-corrected chi connectivity index (χ1v) is 8.76. The zero-order valence-electron chi connectivity index (χ0n) is 15.2. The van der Waals surface area contributed by atoms with E-state index in [1.165, 1.54) is 0 Å². The molecule has 2 amide bonds. The molecule has 1 aliphatic rings. The number of carbonyl (C=O) groups excluding carboxylic acids is 2. The van der Waals surface area contributed by atoms with Gasteiger partial charge in [0.2, 0.25) is 11.8 Å². The minimum atomic E-state index is -0.893. The molecule has 0 spiro atoms. The van der Waals surface area contributed by atoms with Gasteiger partial charge in [0.1, 0.15) is 11.2 Å². The van der Waals surface area contributed by atoms with Crippen LogP contribution < -0.4 is 10.1 Å². The fraction of sp³-hybridized carbons (Fsp3) is 0.333. The quantitative estimate of drug-likeness (QED) is 0.780. The molecule has 0 aromatic heterocycles. The van der Waals surface area contributed by atoms with Crippen molar-refractivity contribution in [1.82, 2.24) is 10.2 Å². The second-order valence-electron chi connectivity index (χ2n) is 6.76. The van der Waals surface area contributed by atoms with Gasteiger partial charge in [-0.15, -0.1) is 0 Å². The molecule has 1 aliphatic carbocycles. The lowest BCUT2D eigenvalue weighted by Gasteiger charge is -2.23. The van der Waals surface area contributed by atoms with Gasteiger partial charge in [-0.3, -0.25) is 9.59 Å². The van der Waals surface area contributed by atoms with E-state index in [0.717, 1.165) is 16.9 Å². The van der Waals surface area contributed by atoms with Crippen molar-refractivity contribution in [1.29, 1.82) is 0 Å². The van der Waals surface area contributed by atoms with Crippen molar-refractivity contribution in [2.75, 3.05) is 14.2 Å². The summed E-state index contributed by atoms with van der Waals surface area (Å²) in [5.74, 6) is 0.489. The smallest absolute Gasteiger partial charge is 0.238 e. The van der Waals surface area contributed by atoms with Crippen molar-refractivity contribution < 1.29 is 14.3 Å². The SMILES string of the molecule is COc1ccc(CNC(=O)C2(C(=O)N(C)Cc3ccccc3)CC2)cc1. The molecule has 0 atom stereocenters. The van der Waals surface area contributed by atoms with Crippen LogP contribution in [0.1, 0.15) is 24.0 Å². The van der Waals surface area contributed by atoms with Crippen LogP contribution in [-0.2, 0) is 22.7 Å².